The van der Waals surface area contributed by atoms with Crippen LogP contribution in [-0.2, 0) is 19.5 Å². The van der Waals surface area contributed by atoms with Gasteiger partial charge in [0.1, 0.15) is 11.9 Å². The molecule has 0 radical (unpaired) electrons. The van der Waals surface area contributed by atoms with Crippen LogP contribution in [0.25, 0.3) is 5.83 Å². The van der Waals surface area contributed by atoms with Crippen LogP contribution < -0.4 is 0 Å². The van der Waals surface area contributed by atoms with Gasteiger partial charge in [-0.2, -0.15) is 0 Å². The first-order valence-corrected chi connectivity index (χ1v) is 9.56. The molecule has 2 unspecified atom stereocenters. The number of carbonyl (C=O) groups is 1. The van der Waals surface area contributed by atoms with Crippen LogP contribution in [0.15, 0.2) is 35.5 Å². The number of benzene rings is 1. The predicted octanol–water partition coefficient (Wildman–Crippen LogP) is 2.79. The average molecular weight is 369 g/mol. The van der Waals surface area contributed by atoms with Gasteiger partial charge in [-0.25, -0.2) is 12.8 Å². The van der Waals surface area contributed by atoms with Crippen molar-refractivity contribution in [2.24, 2.45) is 5.16 Å². The highest BCUT2D eigenvalue weighted by Crippen LogP contribution is 2.29. The van der Waals surface area contributed by atoms with E-state index in [1.807, 2.05) is 0 Å². The van der Waals surface area contributed by atoms with E-state index in [1.54, 1.807) is 31.2 Å². The molecule has 0 aliphatic carbocycles. The minimum Gasteiger partial charge on any atom is -0.480 e. The van der Waals surface area contributed by atoms with Crippen LogP contribution in [0.2, 0.25) is 0 Å². The van der Waals surface area contributed by atoms with Gasteiger partial charge in [-0.05, 0) is 19.4 Å². The van der Waals surface area contributed by atoms with Crippen LogP contribution in [0.1, 0.15) is 37.8 Å². The fourth-order valence-corrected chi connectivity index (χ4v) is 3.33. The smallest absolute Gasteiger partial charge is 0.324 e. The summed E-state index contributed by atoms with van der Waals surface area (Å²) in [5, 5.41) is 13.2. The molecule has 1 aliphatic rings. The van der Waals surface area contributed by atoms with Crippen molar-refractivity contribution in [2.75, 3.05) is 6.26 Å². The summed E-state index contributed by atoms with van der Waals surface area (Å²) in [5.74, 6) is -1.75. The first-order chi connectivity index (χ1) is 11.6. The monoisotopic (exact) mass is 369 g/mol. The summed E-state index contributed by atoms with van der Waals surface area (Å²) in [6.07, 6.45) is 1.67. The highest BCUT2D eigenvalue weighted by Gasteiger charge is 2.47. The molecule has 0 fully saturated rings. The van der Waals surface area contributed by atoms with Crippen molar-refractivity contribution in [1.29, 1.82) is 0 Å². The molecule has 25 heavy (non-hydrogen) atoms. The predicted molar refractivity (Wildman–Crippen MR) is 92.7 cm³/mol. The summed E-state index contributed by atoms with van der Waals surface area (Å²) in [5.41, 5.74) is 1.73. The van der Waals surface area contributed by atoms with Crippen LogP contribution in [-0.4, -0.2) is 42.3 Å². The van der Waals surface area contributed by atoms with Gasteiger partial charge in [0.2, 0.25) is 0 Å². The van der Waals surface area contributed by atoms with Crippen molar-refractivity contribution in [2.45, 2.75) is 37.5 Å². The van der Waals surface area contributed by atoms with Gasteiger partial charge in [-0.3, -0.25) is 4.79 Å². The summed E-state index contributed by atoms with van der Waals surface area (Å²) < 4.78 is 35.3. The Hall–Kier alpha value is -2.22. The minimum atomic E-state index is -3.83. The third-order valence-electron chi connectivity index (χ3n) is 4.37. The zero-order valence-corrected chi connectivity index (χ0v) is 15.0. The Morgan fingerprint density at radius 1 is 1.44 bits per heavy atom. The van der Waals surface area contributed by atoms with Gasteiger partial charge >= 0.3 is 5.97 Å². The lowest BCUT2D eigenvalue weighted by Gasteiger charge is -2.24. The highest BCUT2D eigenvalue weighted by molar-refractivity contribution is 7.92. The van der Waals surface area contributed by atoms with Crippen molar-refractivity contribution in [1.82, 2.24) is 0 Å². The van der Waals surface area contributed by atoms with E-state index in [0.717, 1.165) is 6.26 Å². The Morgan fingerprint density at radius 2 is 2.04 bits per heavy atom. The van der Waals surface area contributed by atoms with Crippen LogP contribution >= 0.6 is 0 Å². The molecule has 1 aromatic carbocycles. The Bertz CT molecular complexity index is 829. The summed E-state index contributed by atoms with van der Waals surface area (Å²) in [6, 6.07) is 6.60. The molecule has 6 nitrogen and oxygen atoms in total. The second-order valence-electron chi connectivity index (χ2n) is 6.20. The molecule has 0 aromatic heterocycles. The van der Waals surface area contributed by atoms with Gasteiger partial charge in [-0.15, -0.1) is 0 Å². The minimum absolute atomic E-state index is 0.209. The first-order valence-electron chi connectivity index (χ1n) is 7.67. The number of oxime groups is 1. The average Bonchev–Trinajstić information content (AvgIpc) is 3.01. The largest absolute Gasteiger partial charge is 0.480 e. The molecule has 1 N–H and O–H groups in total. The lowest BCUT2D eigenvalue weighted by Crippen LogP contribution is -2.45. The third-order valence-corrected chi connectivity index (χ3v) is 6.35. The van der Waals surface area contributed by atoms with Gasteiger partial charge in [-0.1, -0.05) is 35.5 Å². The molecule has 0 saturated heterocycles. The number of hydrogen-bond donors (Lipinski definition) is 1. The maximum atomic E-state index is 13.5. The van der Waals surface area contributed by atoms with Crippen molar-refractivity contribution in [3.8, 4) is 0 Å². The Kier molecular flexibility index (Phi) is 5.31. The molecule has 2 atom stereocenters. The molecule has 8 heteroatoms. The second kappa shape index (κ2) is 6.95. The molecular weight excluding hydrogens is 349 g/mol. The lowest BCUT2D eigenvalue weighted by atomic mass is 9.97. The number of carboxylic acid groups (broad SMARTS) is 1. The summed E-state index contributed by atoms with van der Waals surface area (Å²) in [7, 11) is -3.83. The fraction of sp³-hybridized carbons (Fsp3) is 0.412. The van der Waals surface area contributed by atoms with Crippen molar-refractivity contribution in [3.05, 3.63) is 41.5 Å². The lowest BCUT2D eigenvalue weighted by molar-refractivity contribution is -0.140. The number of sulfone groups is 1. The molecule has 1 aliphatic heterocycles. The number of carboxylic acids is 1. The van der Waals surface area contributed by atoms with Crippen LogP contribution in [0, 0.1) is 0 Å². The van der Waals surface area contributed by atoms with E-state index in [0.29, 0.717) is 16.8 Å². The molecule has 1 heterocycles. The fourth-order valence-electron chi connectivity index (χ4n) is 2.53. The molecule has 0 bridgehead atoms. The maximum absolute atomic E-state index is 13.5. The normalized spacial score (nSPS) is 20.6. The van der Waals surface area contributed by atoms with Crippen molar-refractivity contribution >= 4 is 27.3 Å². The van der Waals surface area contributed by atoms with Gasteiger partial charge in [0.05, 0.1) is 5.71 Å². The van der Waals surface area contributed by atoms with Gasteiger partial charge in [0.25, 0.3) is 0 Å². The van der Waals surface area contributed by atoms with Gasteiger partial charge in [0.15, 0.2) is 14.6 Å². The molecule has 136 valence electrons. The van der Waals surface area contributed by atoms with E-state index in [9.17, 15) is 22.7 Å². The molecule has 0 amide bonds. The number of halogens is 1. The second-order valence-corrected chi connectivity index (χ2v) is 8.64. The molecule has 0 spiro atoms. The molecule has 0 saturated carbocycles. The zero-order valence-electron chi connectivity index (χ0n) is 14.2. The van der Waals surface area contributed by atoms with E-state index < -0.39 is 26.7 Å². The number of aliphatic carboxylic acids is 1. The summed E-state index contributed by atoms with van der Waals surface area (Å²) in [6.45, 7) is 2.77. The standard InChI is InChI=1S/C17H20FNO5S/c1-4-14(18)11-5-7-12(8-6-11)15-9-13(24-19-15)10-17(2,16(20)21)25(3,22)23/h4-8,13H,9-10H2,1-3H3,(H,20,21). The Balaban J connectivity index is 2.12. The van der Waals surface area contributed by atoms with Crippen LogP contribution in [0.5, 0.6) is 0 Å². The molecule has 2 rings (SSSR count). The van der Waals surface area contributed by atoms with Gasteiger partial charge in [0, 0.05) is 24.7 Å². The van der Waals surface area contributed by atoms with E-state index >= 15 is 0 Å². The topological polar surface area (TPSA) is 93.0 Å². The molecular formula is C17H20FNO5S. The van der Waals surface area contributed by atoms with Crippen LogP contribution in [0.4, 0.5) is 4.39 Å². The highest BCUT2D eigenvalue weighted by atomic mass is 32.2. The number of rotatable bonds is 6. The quantitative estimate of drug-likeness (QED) is 0.832. The first kappa shape index (κ1) is 19.1. The third kappa shape index (κ3) is 3.89. The van der Waals surface area contributed by atoms with Crippen molar-refractivity contribution < 1.29 is 27.5 Å². The van der Waals surface area contributed by atoms with E-state index in [4.69, 9.17) is 4.84 Å². The Labute approximate surface area is 145 Å². The van der Waals surface area contributed by atoms with Gasteiger partial charge < -0.3 is 9.94 Å². The summed E-state index contributed by atoms with van der Waals surface area (Å²) >= 11 is 0. The number of allylic oxidation sites excluding steroid dienone is 1. The SMILES string of the molecule is CC=C(F)c1ccc(C2=NOC(CC(C)(C(=O)O)S(C)(=O)=O)C2)cc1. The number of nitrogens with zero attached hydrogens (tertiary/aromatic N) is 1. The molecule has 1 aromatic rings. The zero-order chi connectivity index (χ0) is 18.8. The van der Waals surface area contributed by atoms with E-state index in [1.165, 1.54) is 13.0 Å². The Morgan fingerprint density at radius 3 is 2.52 bits per heavy atom. The maximum Gasteiger partial charge on any atom is 0.324 e. The van der Waals surface area contributed by atoms with Crippen molar-refractivity contribution in [3.63, 3.8) is 0 Å². The van der Waals surface area contributed by atoms with E-state index in [-0.39, 0.29) is 18.7 Å². The number of hydrogen-bond acceptors (Lipinski definition) is 5. The van der Waals surface area contributed by atoms with Crippen LogP contribution in [0.3, 0.4) is 0 Å². The summed E-state index contributed by atoms with van der Waals surface area (Å²) in [4.78, 5) is 16.7. The van der Waals surface area contributed by atoms with E-state index in [2.05, 4.69) is 5.16 Å².